The predicted octanol–water partition coefficient (Wildman–Crippen LogP) is 4.18. The molecular weight excluding hydrogens is 386 g/mol. The van der Waals surface area contributed by atoms with Crippen LogP contribution in [0.25, 0.3) is 11.1 Å². The number of carbonyl (C=O) groups is 2. The molecule has 4 rings (SSSR count). The van der Waals surface area contributed by atoms with E-state index in [1.807, 2.05) is 35.9 Å². The molecule has 1 saturated heterocycles. The topological polar surface area (TPSA) is 53.5 Å². The smallest absolute Gasteiger partial charge is 0.230 e. The van der Waals surface area contributed by atoms with Crippen LogP contribution in [-0.2, 0) is 16.0 Å². The summed E-state index contributed by atoms with van der Waals surface area (Å²) < 4.78 is 0. The normalized spacial score (nSPS) is 21.0. The zero-order valence-electron chi connectivity index (χ0n) is 18.7. The van der Waals surface area contributed by atoms with Crippen molar-refractivity contribution in [3.8, 4) is 11.1 Å². The standard InChI is InChI=1S/C26H33N3O2/c1-3-28(4-2)25(31)26(13-15-29(19-26)24(30)21-9-6-10-21)17-20-8-5-11-22(16-20)23-12-7-14-27-18-23/h5,7-8,11-12,14,16,18,21H,3-4,6,9-10,13,15,17,19H2,1-2H3. The minimum absolute atomic E-state index is 0.174. The molecule has 1 atom stereocenters. The molecular formula is C26H33N3O2. The summed E-state index contributed by atoms with van der Waals surface area (Å²) in [5.41, 5.74) is 2.77. The molecule has 2 aromatic rings. The maximum Gasteiger partial charge on any atom is 0.230 e. The highest BCUT2D eigenvalue weighted by Crippen LogP contribution is 2.39. The van der Waals surface area contributed by atoms with Crippen LogP contribution in [0.15, 0.2) is 48.8 Å². The van der Waals surface area contributed by atoms with Crippen molar-refractivity contribution in [3.05, 3.63) is 54.4 Å². The van der Waals surface area contributed by atoms with Crippen molar-refractivity contribution in [3.63, 3.8) is 0 Å². The van der Waals surface area contributed by atoms with Crippen LogP contribution >= 0.6 is 0 Å². The van der Waals surface area contributed by atoms with Gasteiger partial charge >= 0.3 is 0 Å². The third-order valence-corrected chi connectivity index (χ3v) is 7.09. The van der Waals surface area contributed by atoms with Gasteiger partial charge in [-0.25, -0.2) is 0 Å². The summed E-state index contributed by atoms with van der Waals surface area (Å²) in [6.07, 6.45) is 8.18. The summed E-state index contributed by atoms with van der Waals surface area (Å²) >= 11 is 0. The van der Waals surface area contributed by atoms with Gasteiger partial charge in [0.25, 0.3) is 0 Å². The molecule has 31 heavy (non-hydrogen) atoms. The van der Waals surface area contributed by atoms with E-state index in [0.29, 0.717) is 32.6 Å². The number of nitrogens with zero attached hydrogens (tertiary/aromatic N) is 3. The Kier molecular flexibility index (Phi) is 6.40. The number of hydrogen-bond acceptors (Lipinski definition) is 3. The first-order chi connectivity index (χ1) is 15.1. The highest BCUT2D eigenvalue weighted by atomic mass is 16.2. The summed E-state index contributed by atoms with van der Waals surface area (Å²) in [7, 11) is 0. The molecule has 1 unspecified atom stereocenters. The van der Waals surface area contributed by atoms with E-state index in [1.165, 1.54) is 0 Å². The molecule has 0 bridgehead atoms. The van der Waals surface area contributed by atoms with Crippen LogP contribution in [0.5, 0.6) is 0 Å². The van der Waals surface area contributed by atoms with Crippen LogP contribution in [0.1, 0.15) is 45.1 Å². The molecule has 0 radical (unpaired) electrons. The van der Waals surface area contributed by atoms with Gasteiger partial charge in [-0.05, 0) is 62.3 Å². The Morgan fingerprint density at radius 2 is 1.90 bits per heavy atom. The van der Waals surface area contributed by atoms with E-state index in [1.54, 1.807) is 6.20 Å². The Hall–Kier alpha value is -2.69. The lowest BCUT2D eigenvalue weighted by molar-refractivity contribution is -0.143. The number of pyridine rings is 1. The molecule has 1 aliphatic carbocycles. The molecule has 164 valence electrons. The van der Waals surface area contributed by atoms with Crippen molar-refractivity contribution < 1.29 is 9.59 Å². The van der Waals surface area contributed by atoms with E-state index < -0.39 is 5.41 Å². The number of aromatic nitrogens is 1. The lowest BCUT2D eigenvalue weighted by Gasteiger charge is -2.35. The van der Waals surface area contributed by atoms with Crippen molar-refractivity contribution >= 4 is 11.8 Å². The molecule has 5 nitrogen and oxygen atoms in total. The Bertz CT molecular complexity index is 921. The van der Waals surface area contributed by atoms with Crippen molar-refractivity contribution in [2.45, 2.75) is 46.0 Å². The molecule has 2 amide bonds. The highest BCUT2D eigenvalue weighted by molar-refractivity contribution is 5.86. The second-order valence-corrected chi connectivity index (χ2v) is 9.01. The maximum atomic E-state index is 13.7. The van der Waals surface area contributed by atoms with Gasteiger partial charge in [0.15, 0.2) is 0 Å². The molecule has 2 heterocycles. The van der Waals surface area contributed by atoms with Gasteiger partial charge in [-0.3, -0.25) is 14.6 Å². The van der Waals surface area contributed by atoms with Crippen LogP contribution in [0, 0.1) is 11.3 Å². The Morgan fingerprint density at radius 3 is 2.55 bits per heavy atom. The fourth-order valence-corrected chi connectivity index (χ4v) is 5.00. The van der Waals surface area contributed by atoms with Crippen molar-refractivity contribution in [1.82, 2.24) is 14.8 Å². The van der Waals surface area contributed by atoms with Crippen LogP contribution in [-0.4, -0.2) is 52.8 Å². The van der Waals surface area contributed by atoms with Gasteiger partial charge in [0.05, 0.1) is 5.41 Å². The average Bonchev–Trinajstić information content (AvgIpc) is 3.19. The van der Waals surface area contributed by atoms with E-state index >= 15 is 0 Å². The predicted molar refractivity (Wildman–Crippen MR) is 122 cm³/mol. The van der Waals surface area contributed by atoms with E-state index in [4.69, 9.17) is 0 Å². The third kappa shape index (κ3) is 4.36. The number of carbonyl (C=O) groups excluding carboxylic acids is 2. The monoisotopic (exact) mass is 419 g/mol. The largest absolute Gasteiger partial charge is 0.343 e. The first-order valence-corrected chi connectivity index (χ1v) is 11.6. The molecule has 2 aliphatic rings. The van der Waals surface area contributed by atoms with Crippen LogP contribution < -0.4 is 0 Å². The molecule has 0 N–H and O–H groups in total. The molecule has 1 aromatic carbocycles. The van der Waals surface area contributed by atoms with Gasteiger partial charge in [0, 0.05) is 44.5 Å². The maximum absolute atomic E-state index is 13.7. The lowest BCUT2D eigenvalue weighted by atomic mass is 9.78. The fourth-order valence-electron chi connectivity index (χ4n) is 5.00. The quantitative estimate of drug-likeness (QED) is 0.677. The Balaban J connectivity index is 1.61. The minimum atomic E-state index is -0.543. The van der Waals surface area contributed by atoms with Crippen LogP contribution in [0.2, 0.25) is 0 Å². The van der Waals surface area contributed by atoms with E-state index in [9.17, 15) is 9.59 Å². The zero-order chi connectivity index (χ0) is 21.8. The molecule has 0 spiro atoms. The second kappa shape index (κ2) is 9.21. The number of rotatable bonds is 7. The molecule has 5 heteroatoms. The SMILES string of the molecule is CCN(CC)C(=O)C1(Cc2cccc(-c3cccnc3)c2)CCN(C(=O)C2CCC2)C1. The summed E-state index contributed by atoms with van der Waals surface area (Å²) in [4.78, 5) is 34.8. The third-order valence-electron chi connectivity index (χ3n) is 7.09. The lowest BCUT2D eigenvalue weighted by Crippen LogP contribution is -2.48. The Morgan fingerprint density at radius 1 is 1.13 bits per heavy atom. The van der Waals surface area contributed by atoms with Crippen molar-refractivity contribution in [2.75, 3.05) is 26.2 Å². The summed E-state index contributed by atoms with van der Waals surface area (Å²) in [6, 6.07) is 12.4. The number of amides is 2. The molecule has 2 fully saturated rings. The van der Waals surface area contributed by atoms with E-state index in [-0.39, 0.29) is 17.7 Å². The van der Waals surface area contributed by atoms with Crippen molar-refractivity contribution in [1.29, 1.82) is 0 Å². The first kappa shape index (κ1) is 21.5. The van der Waals surface area contributed by atoms with E-state index in [2.05, 4.69) is 35.3 Å². The fraction of sp³-hybridized carbons (Fsp3) is 0.500. The van der Waals surface area contributed by atoms with E-state index in [0.717, 1.165) is 42.4 Å². The van der Waals surface area contributed by atoms with Crippen LogP contribution in [0.4, 0.5) is 0 Å². The van der Waals surface area contributed by atoms with Gasteiger partial charge in [-0.2, -0.15) is 0 Å². The summed E-state index contributed by atoms with van der Waals surface area (Å²) in [5.74, 6) is 0.617. The average molecular weight is 420 g/mol. The number of benzene rings is 1. The minimum Gasteiger partial charge on any atom is -0.343 e. The van der Waals surface area contributed by atoms with Gasteiger partial charge in [-0.1, -0.05) is 36.8 Å². The molecule has 1 aromatic heterocycles. The number of likely N-dealkylation sites (tertiary alicyclic amines) is 1. The Labute approximate surface area is 185 Å². The van der Waals surface area contributed by atoms with Crippen molar-refractivity contribution in [2.24, 2.45) is 11.3 Å². The zero-order valence-corrected chi connectivity index (χ0v) is 18.7. The van der Waals surface area contributed by atoms with Crippen LogP contribution in [0.3, 0.4) is 0 Å². The first-order valence-electron chi connectivity index (χ1n) is 11.6. The second-order valence-electron chi connectivity index (χ2n) is 9.01. The van der Waals surface area contributed by atoms with Gasteiger partial charge in [-0.15, -0.1) is 0 Å². The van der Waals surface area contributed by atoms with Gasteiger partial charge in [0.2, 0.25) is 11.8 Å². The summed E-state index contributed by atoms with van der Waals surface area (Å²) in [5, 5.41) is 0. The number of hydrogen-bond donors (Lipinski definition) is 0. The molecule has 1 saturated carbocycles. The van der Waals surface area contributed by atoms with Gasteiger partial charge in [0.1, 0.15) is 0 Å². The summed E-state index contributed by atoms with van der Waals surface area (Å²) in [6.45, 7) is 6.68. The molecule has 1 aliphatic heterocycles. The van der Waals surface area contributed by atoms with Gasteiger partial charge < -0.3 is 9.80 Å². The highest BCUT2D eigenvalue weighted by Gasteiger charge is 2.48.